The summed E-state index contributed by atoms with van der Waals surface area (Å²) in [6, 6.07) is 8.14. The van der Waals surface area contributed by atoms with Crippen molar-refractivity contribution >= 4 is 57.9 Å². The van der Waals surface area contributed by atoms with E-state index in [0.717, 1.165) is 4.88 Å². The van der Waals surface area contributed by atoms with Crippen LogP contribution in [0.5, 0.6) is 0 Å². The lowest BCUT2D eigenvalue weighted by atomic mass is 10.3. The van der Waals surface area contributed by atoms with E-state index >= 15 is 0 Å². The van der Waals surface area contributed by atoms with Crippen LogP contribution in [0.25, 0.3) is 0 Å². The maximum Gasteiger partial charge on any atom is 0.319 e. The Bertz CT molecular complexity index is 630. The molecule has 1 heterocycles. The van der Waals surface area contributed by atoms with E-state index in [0.29, 0.717) is 20.1 Å². The van der Waals surface area contributed by atoms with E-state index in [-0.39, 0.29) is 12.1 Å². The Labute approximate surface area is 135 Å². The normalized spacial score (nSPS) is 12.0. The maximum absolute atomic E-state index is 11.9. The predicted molar refractivity (Wildman–Crippen MR) is 86.4 cm³/mol. The third-order valence-corrected chi connectivity index (χ3v) is 4.70. The average molecular weight is 350 g/mol. The van der Waals surface area contributed by atoms with Gasteiger partial charge in [0.15, 0.2) is 0 Å². The van der Waals surface area contributed by atoms with Gasteiger partial charge in [0.25, 0.3) is 0 Å². The monoisotopic (exact) mass is 348 g/mol. The lowest BCUT2D eigenvalue weighted by Gasteiger charge is -2.13. The van der Waals surface area contributed by atoms with Crippen LogP contribution in [0, 0.1) is 0 Å². The van der Waals surface area contributed by atoms with Crippen molar-refractivity contribution in [1.29, 1.82) is 0 Å². The summed E-state index contributed by atoms with van der Waals surface area (Å²) in [5, 5.41) is 6.35. The number of benzene rings is 1. The summed E-state index contributed by atoms with van der Waals surface area (Å²) in [5.41, 5.74) is 0.577. The predicted octanol–water partition coefficient (Wildman–Crippen LogP) is 5.59. The molecule has 7 heteroatoms. The Morgan fingerprint density at radius 1 is 1.15 bits per heavy atom. The number of hydrogen-bond acceptors (Lipinski definition) is 2. The number of carbonyl (C=O) groups is 1. The van der Waals surface area contributed by atoms with Crippen molar-refractivity contribution in [2.24, 2.45) is 0 Å². The first-order valence-electron chi connectivity index (χ1n) is 5.73. The number of hydrogen-bond donors (Lipinski definition) is 2. The van der Waals surface area contributed by atoms with Crippen LogP contribution in [0.1, 0.15) is 17.8 Å². The van der Waals surface area contributed by atoms with Crippen molar-refractivity contribution in [2.75, 3.05) is 5.32 Å². The molecule has 0 unspecified atom stereocenters. The standard InChI is InChI=1S/C13H11Cl3N2OS/c1-7(11-4-5-12(16)20-11)17-13(19)18-8-2-3-9(14)10(15)6-8/h2-7H,1H3,(H2,17,18,19)/t7-/m0/s1. The van der Waals surface area contributed by atoms with Crippen LogP contribution in [0.3, 0.4) is 0 Å². The van der Waals surface area contributed by atoms with E-state index in [9.17, 15) is 4.79 Å². The van der Waals surface area contributed by atoms with Crippen LogP contribution in [0.15, 0.2) is 30.3 Å². The van der Waals surface area contributed by atoms with Crippen molar-refractivity contribution in [3.8, 4) is 0 Å². The molecule has 0 fully saturated rings. The highest BCUT2D eigenvalue weighted by Gasteiger charge is 2.12. The molecular weight excluding hydrogens is 339 g/mol. The zero-order chi connectivity index (χ0) is 14.7. The molecule has 0 saturated carbocycles. The van der Waals surface area contributed by atoms with Gasteiger partial charge in [-0.25, -0.2) is 4.79 Å². The first-order chi connectivity index (χ1) is 9.45. The molecule has 20 heavy (non-hydrogen) atoms. The fourth-order valence-corrected chi connectivity index (χ4v) is 2.93. The number of nitrogens with one attached hydrogen (secondary N) is 2. The third kappa shape index (κ3) is 4.03. The van der Waals surface area contributed by atoms with Crippen molar-refractivity contribution in [3.63, 3.8) is 0 Å². The molecular formula is C13H11Cl3N2OS. The summed E-state index contributed by atoms with van der Waals surface area (Å²) < 4.78 is 0.693. The van der Waals surface area contributed by atoms with E-state index in [1.807, 2.05) is 13.0 Å². The quantitative estimate of drug-likeness (QED) is 0.745. The first-order valence-corrected chi connectivity index (χ1v) is 7.68. The van der Waals surface area contributed by atoms with E-state index in [4.69, 9.17) is 34.8 Å². The van der Waals surface area contributed by atoms with Gasteiger partial charge in [-0.3, -0.25) is 0 Å². The fourth-order valence-electron chi connectivity index (χ4n) is 1.57. The molecule has 0 radical (unpaired) electrons. The van der Waals surface area contributed by atoms with Crippen molar-refractivity contribution in [2.45, 2.75) is 13.0 Å². The molecule has 0 spiro atoms. The molecule has 0 aliphatic rings. The van der Waals surface area contributed by atoms with Crippen molar-refractivity contribution in [1.82, 2.24) is 5.32 Å². The van der Waals surface area contributed by atoms with Gasteiger partial charge in [-0.15, -0.1) is 11.3 Å². The molecule has 2 amide bonds. The van der Waals surface area contributed by atoms with Gasteiger partial charge in [-0.05, 0) is 37.3 Å². The highest BCUT2D eigenvalue weighted by molar-refractivity contribution is 7.16. The van der Waals surface area contributed by atoms with Gasteiger partial charge in [0.2, 0.25) is 0 Å². The average Bonchev–Trinajstić information content (AvgIpc) is 2.80. The topological polar surface area (TPSA) is 41.1 Å². The SMILES string of the molecule is C[C@H](NC(=O)Nc1ccc(Cl)c(Cl)c1)c1ccc(Cl)s1. The summed E-state index contributed by atoms with van der Waals surface area (Å²) in [6.07, 6.45) is 0. The number of amides is 2. The summed E-state index contributed by atoms with van der Waals surface area (Å²) in [7, 11) is 0. The lowest BCUT2D eigenvalue weighted by molar-refractivity contribution is 0.249. The molecule has 0 aliphatic heterocycles. The minimum absolute atomic E-state index is 0.129. The number of halogens is 3. The van der Waals surface area contributed by atoms with E-state index in [1.54, 1.807) is 24.3 Å². The van der Waals surface area contributed by atoms with Crippen LogP contribution in [-0.2, 0) is 0 Å². The molecule has 0 aliphatic carbocycles. The third-order valence-electron chi connectivity index (χ3n) is 2.55. The Morgan fingerprint density at radius 3 is 2.50 bits per heavy atom. The Hall–Kier alpha value is -0.940. The van der Waals surface area contributed by atoms with Gasteiger partial charge in [-0.2, -0.15) is 0 Å². The van der Waals surface area contributed by atoms with Crippen molar-refractivity contribution < 1.29 is 4.79 Å². The number of urea groups is 1. The fraction of sp³-hybridized carbons (Fsp3) is 0.154. The molecule has 1 aromatic carbocycles. The Balaban J connectivity index is 1.96. The highest BCUT2D eigenvalue weighted by Crippen LogP contribution is 2.27. The highest BCUT2D eigenvalue weighted by atomic mass is 35.5. The maximum atomic E-state index is 11.9. The van der Waals surface area contributed by atoms with E-state index in [1.165, 1.54) is 11.3 Å². The Morgan fingerprint density at radius 2 is 1.90 bits per heavy atom. The van der Waals surface area contributed by atoms with Crippen LogP contribution in [0.4, 0.5) is 10.5 Å². The number of carbonyl (C=O) groups excluding carboxylic acids is 1. The molecule has 0 bridgehead atoms. The van der Waals surface area contributed by atoms with Crippen molar-refractivity contribution in [3.05, 3.63) is 49.6 Å². The summed E-state index contributed by atoms with van der Waals surface area (Å²) in [5.74, 6) is 0. The minimum Gasteiger partial charge on any atom is -0.331 e. The summed E-state index contributed by atoms with van der Waals surface area (Å²) in [6.45, 7) is 1.89. The molecule has 2 N–H and O–H groups in total. The molecule has 0 saturated heterocycles. The smallest absolute Gasteiger partial charge is 0.319 e. The summed E-state index contributed by atoms with van der Waals surface area (Å²) >= 11 is 19.0. The van der Waals surface area contributed by atoms with Gasteiger partial charge in [-0.1, -0.05) is 34.8 Å². The number of rotatable bonds is 3. The molecule has 2 rings (SSSR count). The lowest BCUT2D eigenvalue weighted by Crippen LogP contribution is -2.30. The van der Waals surface area contributed by atoms with E-state index < -0.39 is 0 Å². The molecule has 2 aromatic rings. The summed E-state index contributed by atoms with van der Waals surface area (Å²) in [4.78, 5) is 12.9. The second-order valence-corrected chi connectivity index (χ2v) is 6.65. The zero-order valence-corrected chi connectivity index (χ0v) is 13.5. The molecule has 3 nitrogen and oxygen atoms in total. The van der Waals surface area contributed by atoms with Crippen LogP contribution in [0.2, 0.25) is 14.4 Å². The van der Waals surface area contributed by atoms with Gasteiger partial charge < -0.3 is 10.6 Å². The van der Waals surface area contributed by atoms with Gasteiger partial charge in [0.05, 0.1) is 20.4 Å². The zero-order valence-electron chi connectivity index (χ0n) is 10.4. The molecule has 1 atom stereocenters. The number of thiophene rings is 1. The first kappa shape index (κ1) is 15.4. The van der Waals surface area contributed by atoms with Crippen LogP contribution < -0.4 is 10.6 Å². The Kier molecular flexibility index (Phi) is 5.16. The van der Waals surface area contributed by atoms with Gasteiger partial charge in [0, 0.05) is 10.6 Å². The second kappa shape index (κ2) is 6.68. The second-order valence-electron chi connectivity index (χ2n) is 4.09. The van der Waals surface area contributed by atoms with Gasteiger partial charge >= 0.3 is 6.03 Å². The van der Waals surface area contributed by atoms with Gasteiger partial charge in [0.1, 0.15) is 0 Å². The van der Waals surface area contributed by atoms with Crippen LogP contribution >= 0.6 is 46.1 Å². The molecule has 106 valence electrons. The molecule has 1 aromatic heterocycles. The van der Waals surface area contributed by atoms with Crippen LogP contribution in [-0.4, -0.2) is 6.03 Å². The van der Waals surface area contributed by atoms with E-state index in [2.05, 4.69) is 10.6 Å². The number of anilines is 1. The minimum atomic E-state index is -0.319. The largest absolute Gasteiger partial charge is 0.331 e.